The van der Waals surface area contributed by atoms with E-state index >= 15 is 0 Å². The lowest BCUT2D eigenvalue weighted by atomic mass is 10.1. The van der Waals surface area contributed by atoms with E-state index in [1.165, 1.54) is 23.5 Å². The van der Waals surface area contributed by atoms with E-state index in [9.17, 15) is 13.2 Å². The van der Waals surface area contributed by atoms with E-state index in [4.69, 9.17) is 14.2 Å². The van der Waals surface area contributed by atoms with Crippen LogP contribution in [0.25, 0.3) is 0 Å². The summed E-state index contributed by atoms with van der Waals surface area (Å²) in [6.45, 7) is 1.69. The highest BCUT2D eigenvalue weighted by molar-refractivity contribution is 7.92. The molecule has 0 saturated carbocycles. The number of anilines is 2. The topological polar surface area (TPSA) is 94.2 Å². The van der Waals surface area contributed by atoms with Gasteiger partial charge in [0.2, 0.25) is 0 Å². The van der Waals surface area contributed by atoms with Crippen molar-refractivity contribution < 1.29 is 27.4 Å². The first-order valence-electron chi connectivity index (χ1n) is 10.2. The van der Waals surface area contributed by atoms with Crippen LogP contribution in [0.4, 0.5) is 11.4 Å². The molecular formula is C24H24N2O6S. The maximum Gasteiger partial charge on any atom is 0.267 e. The summed E-state index contributed by atoms with van der Waals surface area (Å²) >= 11 is 0. The molecule has 1 N–H and O–H groups in total. The highest BCUT2D eigenvalue weighted by Gasteiger charge is 2.37. The molecule has 0 bridgehead atoms. The van der Waals surface area contributed by atoms with Gasteiger partial charge < -0.3 is 19.5 Å². The number of hydrogen-bond donors (Lipinski definition) is 1. The molecule has 1 unspecified atom stereocenters. The van der Waals surface area contributed by atoms with Gasteiger partial charge in [-0.15, -0.1) is 0 Å². The lowest BCUT2D eigenvalue weighted by Crippen LogP contribution is -2.48. The Morgan fingerprint density at radius 3 is 2.18 bits per heavy atom. The van der Waals surface area contributed by atoms with Gasteiger partial charge in [-0.1, -0.05) is 6.07 Å². The molecule has 172 valence electrons. The number of sulfonamides is 1. The molecule has 1 amide bonds. The minimum absolute atomic E-state index is 0.0889. The van der Waals surface area contributed by atoms with Crippen LogP contribution in [0.1, 0.15) is 5.56 Å². The molecule has 1 aliphatic rings. The molecule has 0 fully saturated rings. The van der Waals surface area contributed by atoms with Crippen LogP contribution in [0.2, 0.25) is 0 Å². The van der Waals surface area contributed by atoms with Crippen molar-refractivity contribution in [2.75, 3.05) is 30.4 Å². The number of rotatable bonds is 6. The second-order valence-electron chi connectivity index (χ2n) is 7.51. The van der Waals surface area contributed by atoms with E-state index < -0.39 is 22.0 Å². The predicted molar refractivity (Wildman–Crippen MR) is 125 cm³/mol. The Kier molecular flexibility index (Phi) is 6.15. The zero-order valence-corrected chi connectivity index (χ0v) is 19.3. The smallest absolute Gasteiger partial charge is 0.267 e. The van der Waals surface area contributed by atoms with Gasteiger partial charge in [0.15, 0.2) is 6.10 Å². The SMILES string of the molecule is COc1ccc(NC(=O)C2CN(S(=O)(=O)c3ccc(OC)cc3)c3ccc(C)cc3O2)cc1. The van der Waals surface area contributed by atoms with E-state index in [0.29, 0.717) is 28.6 Å². The number of nitrogens with zero attached hydrogens (tertiary/aromatic N) is 1. The first-order valence-corrected chi connectivity index (χ1v) is 11.6. The Morgan fingerprint density at radius 1 is 0.970 bits per heavy atom. The molecule has 4 rings (SSSR count). The van der Waals surface area contributed by atoms with Crippen LogP contribution in [0.3, 0.4) is 0 Å². The van der Waals surface area contributed by atoms with E-state index in [1.807, 2.05) is 6.92 Å². The van der Waals surface area contributed by atoms with E-state index in [2.05, 4.69) is 5.32 Å². The Balaban J connectivity index is 1.65. The molecule has 0 saturated heterocycles. The molecule has 9 heteroatoms. The molecule has 0 aromatic heterocycles. The van der Waals surface area contributed by atoms with Crippen molar-refractivity contribution >= 4 is 27.3 Å². The number of amides is 1. The van der Waals surface area contributed by atoms with Gasteiger partial charge in [-0.25, -0.2) is 8.42 Å². The number of methoxy groups -OCH3 is 2. The number of benzene rings is 3. The highest BCUT2D eigenvalue weighted by atomic mass is 32.2. The summed E-state index contributed by atoms with van der Waals surface area (Å²) in [4.78, 5) is 13.1. The molecule has 3 aromatic carbocycles. The average molecular weight is 469 g/mol. The molecule has 1 atom stereocenters. The van der Waals surface area contributed by atoms with Gasteiger partial charge in [0.05, 0.1) is 31.3 Å². The Bertz CT molecular complexity index is 1260. The monoisotopic (exact) mass is 468 g/mol. The fraction of sp³-hybridized carbons (Fsp3) is 0.208. The molecule has 8 nitrogen and oxygen atoms in total. The van der Waals surface area contributed by atoms with Crippen molar-refractivity contribution in [2.45, 2.75) is 17.9 Å². The molecule has 1 aliphatic heterocycles. The molecule has 3 aromatic rings. The third kappa shape index (κ3) is 4.58. The number of carbonyl (C=O) groups excluding carboxylic acids is 1. The summed E-state index contributed by atoms with van der Waals surface area (Å²) < 4.78 is 44.4. The third-order valence-corrected chi connectivity index (χ3v) is 7.08. The second kappa shape index (κ2) is 9.03. The summed E-state index contributed by atoms with van der Waals surface area (Å²) in [6.07, 6.45) is -1.05. The quantitative estimate of drug-likeness (QED) is 0.594. The zero-order valence-electron chi connectivity index (χ0n) is 18.4. The van der Waals surface area contributed by atoms with Gasteiger partial charge in [-0.05, 0) is 73.2 Å². The van der Waals surface area contributed by atoms with E-state index in [0.717, 1.165) is 5.56 Å². The summed E-state index contributed by atoms with van der Waals surface area (Å²) in [6, 6.07) is 18.2. The van der Waals surface area contributed by atoms with Crippen LogP contribution in [-0.2, 0) is 14.8 Å². The fourth-order valence-corrected chi connectivity index (χ4v) is 4.97. The Hall–Kier alpha value is -3.72. The van der Waals surface area contributed by atoms with Crippen LogP contribution in [0.5, 0.6) is 17.2 Å². The van der Waals surface area contributed by atoms with Crippen LogP contribution < -0.4 is 23.8 Å². The predicted octanol–water partition coefficient (Wildman–Crippen LogP) is 3.61. The standard InChI is InChI=1S/C24H24N2O6S/c1-16-4-13-21-22(14-16)32-23(24(27)25-17-5-7-18(30-2)8-6-17)15-26(21)33(28,29)20-11-9-19(31-3)10-12-20/h4-14,23H,15H2,1-3H3,(H,25,27). The lowest BCUT2D eigenvalue weighted by molar-refractivity contribution is -0.122. The van der Waals surface area contributed by atoms with Gasteiger partial charge in [0.1, 0.15) is 17.2 Å². The first kappa shape index (κ1) is 22.5. The maximum absolute atomic E-state index is 13.5. The number of ether oxygens (including phenoxy) is 3. The normalized spacial score (nSPS) is 15.2. The third-order valence-electron chi connectivity index (χ3n) is 5.28. The minimum atomic E-state index is -3.96. The lowest BCUT2D eigenvalue weighted by Gasteiger charge is -2.35. The molecule has 0 aliphatic carbocycles. The van der Waals surface area contributed by atoms with Gasteiger partial charge in [0.25, 0.3) is 15.9 Å². The Morgan fingerprint density at radius 2 is 1.58 bits per heavy atom. The summed E-state index contributed by atoms with van der Waals surface area (Å²) in [7, 11) is -0.894. The number of carbonyl (C=O) groups is 1. The van der Waals surface area contributed by atoms with Gasteiger partial charge >= 0.3 is 0 Å². The Labute approximate surface area is 192 Å². The number of nitrogens with one attached hydrogen (secondary N) is 1. The molecule has 33 heavy (non-hydrogen) atoms. The van der Waals surface area contributed by atoms with Crippen molar-refractivity contribution in [3.63, 3.8) is 0 Å². The van der Waals surface area contributed by atoms with Gasteiger partial charge in [-0.2, -0.15) is 0 Å². The molecule has 0 radical (unpaired) electrons. The molecular weight excluding hydrogens is 444 g/mol. The van der Waals surface area contributed by atoms with Gasteiger partial charge in [-0.3, -0.25) is 9.10 Å². The van der Waals surface area contributed by atoms with Crippen LogP contribution in [-0.4, -0.2) is 41.2 Å². The van der Waals surface area contributed by atoms with E-state index in [1.54, 1.807) is 61.7 Å². The molecule has 1 heterocycles. The van der Waals surface area contributed by atoms with Crippen molar-refractivity contribution in [3.8, 4) is 17.2 Å². The van der Waals surface area contributed by atoms with Crippen molar-refractivity contribution in [3.05, 3.63) is 72.3 Å². The average Bonchev–Trinajstić information content (AvgIpc) is 2.83. The maximum atomic E-state index is 13.5. The van der Waals surface area contributed by atoms with Crippen molar-refractivity contribution in [1.82, 2.24) is 0 Å². The highest BCUT2D eigenvalue weighted by Crippen LogP contribution is 2.38. The van der Waals surface area contributed by atoms with Crippen molar-refractivity contribution in [1.29, 1.82) is 0 Å². The molecule has 0 spiro atoms. The summed E-state index contributed by atoms with van der Waals surface area (Å²) in [5.74, 6) is 1.07. The number of hydrogen-bond acceptors (Lipinski definition) is 6. The van der Waals surface area contributed by atoms with E-state index in [-0.39, 0.29) is 11.4 Å². The van der Waals surface area contributed by atoms with Crippen LogP contribution >= 0.6 is 0 Å². The van der Waals surface area contributed by atoms with Crippen LogP contribution in [0, 0.1) is 6.92 Å². The zero-order chi connectivity index (χ0) is 23.6. The second-order valence-corrected chi connectivity index (χ2v) is 9.37. The largest absolute Gasteiger partial charge is 0.497 e. The first-order chi connectivity index (χ1) is 15.8. The fourth-order valence-electron chi connectivity index (χ4n) is 3.50. The summed E-state index contributed by atoms with van der Waals surface area (Å²) in [5, 5.41) is 2.78. The number of aryl methyl sites for hydroxylation is 1. The van der Waals surface area contributed by atoms with Crippen LogP contribution in [0.15, 0.2) is 71.6 Å². The van der Waals surface area contributed by atoms with Gasteiger partial charge in [0, 0.05) is 5.69 Å². The summed E-state index contributed by atoms with van der Waals surface area (Å²) in [5.41, 5.74) is 1.81. The minimum Gasteiger partial charge on any atom is -0.497 e. The van der Waals surface area contributed by atoms with Crippen molar-refractivity contribution in [2.24, 2.45) is 0 Å². The number of fused-ring (bicyclic) bond motifs is 1.